The van der Waals surface area contributed by atoms with Crippen molar-refractivity contribution in [1.29, 1.82) is 0 Å². The Kier molecular flexibility index (Phi) is 3.25. The topological polar surface area (TPSA) is 24.9 Å². The van der Waals surface area contributed by atoms with Gasteiger partial charge in [0.1, 0.15) is 0 Å². The van der Waals surface area contributed by atoms with Gasteiger partial charge in [0, 0.05) is 11.7 Å². The molecule has 2 nitrogen and oxygen atoms in total. The number of aromatic nitrogens is 1. The van der Waals surface area contributed by atoms with Crippen LogP contribution in [-0.4, -0.2) is 11.0 Å². The number of thiazole rings is 1. The number of anilines is 1. The van der Waals surface area contributed by atoms with Gasteiger partial charge in [0.15, 0.2) is 0 Å². The first kappa shape index (κ1) is 12.9. The molecule has 1 fully saturated rings. The van der Waals surface area contributed by atoms with E-state index in [9.17, 15) is 0 Å². The SMILES string of the molecule is Cc1nc2ccc(NC3CCCC(C)(C)C3)cc2s1. The first-order chi connectivity index (χ1) is 9.02. The molecule has 2 aromatic rings. The lowest BCUT2D eigenvalue weighted by Gasteiger charge is -2.36. The molecule has 0 saturated heterocycles. The van der Waals surface area contributed by atoms with Crippen molar-refractivity contribution in [3.8, 4) is 0 Å². The van der Waals surface area contributed by atoms with Crippen molar-refractivity contribution in [2.24, 2.45) is 5.41 Å². The summed E-state index contributed by atoms with van der Waals surface area (Å²) in [6, 6.07) is 7.18. The molecule has 1 saturated carbocycles. The van der Waals surface area contributed by atoms with E-state index in [1.165, 1.54) is 36.1 Å². The Morgan fingerprint density at radius 3 is 3.00 bits per heavy atom. The van der Waals surface area contributed by atoms with Crippen LogP contribution in [0.3, 0.4) is 0 Å². The summed E-state index contributed by atoms with van der Waals surface area (Å²) in [5.74, 6) is 0. The summed E-state index contributed by atoms with van der Waals surface area (Å²) in [5, 5.41) is 4.86. The van der Waals surface area contributed by atoms with Gasteiger partial charge in [-0.1, -0.05) is 20.3 Å². The monoisotopic (exact) mass is 274 g/mol. The number of nitrogens with one attached hydrogen (secondary N) is 1. The second-order valence-corrected chi connectivity index (χ2v) is 7.75. The quantitative estimate of drug-likeness (QED) is 0.835. The molecule has 19 heavy (non-hydrogen) atoms. The molecule has 1 atom stereocenters. The second-order valence-electron chi connectivity index (χ2n) is 6.52. The predicted octanol–water partition coefficient (Wildman–Crippen LogP) is 4.99. The molecule has 1 aliphatic carbocycles. The molecule has 0 amide bonds. The van der Waals surface area contributed by atoms with Crippen LogP contribution >= 0.6 is 11.3 Å². The van der Waals surface area contributed by atoms with Gasteiger partial charge in [-0.2, -0.15) is 0 Å². The Hall–Kier alpha value is -1.09. The molecule has 0 radical (unpaired) electrons. The maximum Gasteiger partial charge on any atom is 0.0907 e. The average molecular weight is 274 g/mol. The summed E-state index contributed by atoms with van der Waals surface area (Å²) in [7, 11) is 0. The molecular weight excluding hydrogens is 252 g/mol. The number of rotatable bonds is 2. The molecule has 1 aliphatic rings. The number of hydrogen-bond acceptors (Lipinski definition) is 3. The third-order valence-electron chi connectivity index (χ3n) is 4.07. The van der Waals surface area contributed by atoms with E-state index < -0.39 is 0 Å². The van der Waals surface area contributed by atoms with Gasteiger partial charge in [-0.15, -0.1) is 11.3 Å². The minimum absolute atomic E-state index is 0.487. The van der Waals surface area contributed by atoms with Crippen LogP contribution in [0, 0.1) is 12.3 Å². The van der Waals surface area contributed by atoms with E-state index in [4.69, 9.17) is 0 Å². The van der Waals surface area contributed by atoms with Gasteiger partial charge in [0.25, 0.3) is 0 Å². The lowest BCUT2D eigenvalue weighted by Crippen LogP contribution is -2.31. The summed E-state index contributed by atoms with van der Waals surface area (Å²) >= 11 is 1.78. The fourth-order valence-corrected chi connectivity index (χ4v) is 4.05. The average Bonchev–Trinajstić information content (AvgIpc) is 2.67. The smallest absolute Gasteiger partial charge is 0.0907 e. The Bertz CT molecular complexity index is 585. The van der Waals surface area contributed by atoms with Crippen LogP contribution in [0.5, 0.6) is 0 Å². The van der Waals surface area contributed by atoms with E-state index in [-0.39, 0.29) is 0 Å². The highest BCUT2D eigenvalue weighted by Crippen LogP contribution is 2.36. The zero-order valence-corrected chi connectivity index (χ0v) is 12.8. The van der Waals surface area contributed by atoms with Crippen LogP contribution < -0.4 is 5.32 Å². The highest BCUT2D eigenvalue weighted by atomic mass is 32.1. The van der Waals surface area contributed by atoms with E-state index in [0.29, 0.717) is 11.5 Å². The molecule has 0 bridgehead atoms. The zero-order chi connectivity index (χ0) is 13.5. The summed E-state index contributed by atoms with van der Waals surface area (Å²) in [4.78, 5) is 4.51. The van der Waals surface area contributed by atoms with E-state index in [0.717, 1.165) is 10.5 Å². The molecule has 1 aromatic carbocycles. The van der Waals surface area contributed by atoms with Crippen molar-refractivity contribution in [2.75, 3.05) is 5.32 Å². The maximum absolute atomic E-state index is 4.51. The van der Waals surface area contributed by atoms with Gasteiger partial charge in [-0.25, -0.2) is 4.98 Å². The van der Waals surface area contributed by atoms with Crippen LogP contribution in [0.4, 0.5) is 5.69 Å². The first-order valence-corrected chi connectivity index (χ1v) is 7.97. The molecule has 0 spiro atoms. The maximum atomic E-state index is 4.51. The highest BCUT2D eigenvalue weighted by molar-refractivity contribution is 7.18. The number of aryl methyl sites for hydroxylation is 1. The van der Waals surface area contributed by atoms with E-state index in [1.807, 2.05) is 0 Å². The number of hydrogen-bond donors (Lipinski definition) is 1. The molecule has 102 valence electrons. The van der Waals surface area contributed by atoms with E-state index in [1.54, 1.807) is 11.3 Å². The fourth-order valence-electron chi connectivity index (χ4n) is 3.19. The fraction of sp³-hybridized carbons (Fsp3) is 0.562. The molecule has 3 rings (SSSR count). The van der Waals surface area contributed by atoms with Crippen LogP contribution in [0.1, 0.15) is 44.5 Å². The minimum atomic E-state index is 0.487. The number of fused-ring (bicyclic) bond motifs is 1. The highest BCUT2D eigenvalue weighted by Gasteiger charge is 2.27. The minimum Gasteiger partial charge on any atom is -0.382 e. The molecule has 1 N–H and O–H groups in total. The van der Waals surface area contributed by atoms with Gasteiger partial charge in [0.05, 0.1) is 15.2 Å². The third-order valence-corrected chi connectivity index (χ3v) is 5.00. The van der Waals surface area contributed by atoms with Crippen molar-refractivity contribution in [1.82, 2.24) is 4.98 Å². The van der Waals surface area contributed by atoms with Gasteiger partial charge < -0.3 is 5.32 Å². The summed E-state index contributed by atoms with van der Waals surface area (Å²) < 4.78 is 1.29. The summed E-state index contributed by atoms with van der Waals surface area (Å²) in [5.41, 5.74) is 2.86. The molecule has 3 heteroatoms. The number of benzene rings is 1. The van der Waals surface area contributed by atoms with Crippen LogP contribution in [-0.2, 0) is 0 Å². The molecule has 1 unspecified atom stereocenters. The third kappa shape index (κ3) is 2.92. The van der Waals surface area contributed by atoms with Crippen molar-refractivity contribution in [3.05, 3.63) is 23.2 Å². The van der Waals surface area contributed by atoms with Crippen LogP contribution in [0.25, 0.3) is 10.2 Å². The molecule has 1 heterocycles. The normalized spacial score (nSPS) is 22.6. The van der Waals surface area contributed by atoms with Crippen molar-refractivity contribution < 1.29 is 0 Å². The Morgan fingerprint density at radius 2 is 2.21 bits per heavy atom. The summed E-state index contributed by atoms with van der Waals surface area (Å²) in [6.45, 7) is 6.84. The van der Waals surface area contributed by atoms with Gasteiger partial charge in [-0.3, -0.25) is 0 Å². The Morgan fingerprint density at radius 1 is 1.37 bits per heavy atom. The van der Waals surface area contributed by atoms with Crippen LogP contribution in [0.2, 0.25) is 0 Å². The second kappa shape index (κ2) is 4.78. The molecule has 1 aromatic heterocycles. The molecule has 0 aliphatic heterocycles. The first-order valence-electron chi connectivity index (χ1n) is 7.16. The largest absolute Gasteiger partial charge is 0.382 e. The van der Waals surface area contributed by atoms with Gasteiger partial charge in [-0.05, 0) is 49.8 Å². The van der Waals surface area contributed by atoms with E-state index in [2.05, 4.69) is 49.3 Å². The Balaban J connectivity index is 1.77. The van der Waals surface area contributed by atoms with Crippen molar-refractivity contribution in [2.45, 2.75) is 52.5 Å². The van der Waals surface area contributed by atoms with Crippen molar-refractivity contribution >= 4 is 27.2 Å². The number of nitrogens with zero attached hydrogens (tertiary/aromatic N) is 1. The molecular formula is C16H22N2S. The van der Waals surface area contributed by atoms with Gasteiger partial charge >= 0.3 is 0 Å². The standard InChI is InChI=1S/C16H22N2S/c1-11-17-14-7-6-12(9-15(14)19-11)18-13-5-4-8-16(2,3)10-13/h6-7,9,13,18H,4-5,8,10H2,1-3H3. The van der Waals surface area contributed by atoms with E-state index >= 15 is 0 Å². The zero-order valence-electron chi connectivity index (χ0n) is 12.0. The Labute approximate surface area is 119 Å². The lowest BCUT2D eigenvalue weighted by molar-refractivity contribution is 0.229. The lowest BCUT2D eigenvalue weighted by atomic mass is 9.75. The summed E-state index contributed by atoms with van der Waals surface area (Å²) in [6.07, 6.45) is 5.26. The van der Waals surface area contributed by atoms with Gasteiger partial charge in [0.2, 0.25) is 0 Å². The van der Waals surface area contributed by atoms with Crippen molar-refractivity contribution in [3.63, 3.8) is 0 Å². The predicted molar refractivity (Wildman–Crippen MR) is 84.0 cm³/mol. The van der Waals surface area contributed by atoms with Crippen LogP contribution in [0.15, 0.2) is 18.2 Å².